The first-order chi connectivity index (χ1) is 9.20. The lowest BCUT2D eigenvalue weighted by Crippen LogP contribution is -2.45. The molecule has 0 aliphatic carbocycles. The van der Waals surface area contributed by atoms with E-state index in [1.54, 1.807) is 24.3 Å². The SMILES string of the molecule is COC(=O)c1cccc(NC(=O)C2CNCCO2)c1.Cl. The van der Waals surface area contributed by atoms with E-state index in [0.29, 0.717) is 24.4 Å². The van der Waals surface area contributed by atoms with Crippen LogP contribution < -0.4 is 10.6 Å². The standard InChI is InChI=1S/C13H16N2O4.ClH/c1-18-13(17)9-3-2-4-10(7-9)15-12(16)11-8-14-5-6-19-11;/h2-4,7,11,14H,5-6,8H2,1H3,(H,15,16);1H. The molecule has 0 saturated carbocycles. The van der Waals surface area contributed by atoms with E-state index < -0.39 is 12.1 Å². The Kier molecular flexibility index (Phi) is 6.44. The number of hydrogen-bond acceptors (Lipinski definition) is 5. The van der Waals surface area contributed by atoms with Gasteiger partial charge in [0.25, 0.3) is 5.91 Å². The number of rotatable bonds is 3. The van der Waals surface area contributed by atoms with Crippen LogP contribution in [0.3, 0.4) is 0 Å². The van der Waals surface area contributed by atoms with Gasteiger partial charge in [-0.15, -0.1) is 12.4 Å². The molecule has 20 heavy (non-hydrogen) atoms. The lowest BCUT2D eigenvalue weighted by Gasteiger charge is -2.22. The van der Waals surface area contributed by atoms with Crippen LogP contribution in [0.4, 0.5) is 5.69 Å². The molecule has 1 atom stereocenters. The van der Waals surface area contributed by atoms with Crippen molar-refractivity contribution in [2.75, 3.05) is 32.1 Å². The summed E-state index contributed by atoms with van der Waals surface area (Å²) in [4.78, 5) is 23.3. The van der Waals surface area contributed by atoms with Gasteiger partial charge in [0.15, 0.2) is 0 Å². The minimum Gasteiger partial charge on any atom is -0.465 e. The first kappa shape index (κ1) is 16.4. The second kappa shape index (κ2) is 7.84. The largest absolute Gasteiger partial charge is 0.465 e. The van der Waals surface area contributed by atoms with Crippen molar-refractivity contribution in [3.05, 3.63) is 29.8 Å². The number of anilines is 1. The smallest absolute Gasteiger partial charge is 0.337 e. The van der Waals surface area contributed by atoms with Crippen LogP contribution in [0.1, 0.15) is 10.4 Å². The first-order valence-corrected chi connectivity index (χ1v) is 6.02. The Morgan fingerprint density at radius 3 is 2.90 bits per heavy atom. The second-order valence-corrected chi connectivity index (χ2v) is 4.13. The van der Waals surface area contributed by atoms with Gasteiger partial charge in [-0.3, -0.25) is 4.79 Å². The predicted octanol–water partition coefficient (Wildman–Crippen LogP) is 0.822. The number of carbonyl (C=O) groups is 2. The maximum Gasteiger partial charge on any atom is 0.337 e. The van der Waals surface area contributed by atoms with Crippen LogP contribution in [-0.4, -0.2) is 44.8 Å². The molecule has 0 aromatic heterocycles. The van der Waals surface area contributed by atoms with Crippen LogP contribution in [0.2, 0.25) is 0 Å². The Morgan fingerprint density at radius 2 is 2.25 bits per heavy atom. The van der Waals surface area contributed by atoms with Crippen molar-refractivity contribution in [1.82, 2.24) is 5.32 Å². The van der Waals surface area contributed by atoms with E-state index in [9.17, 15) is 9.59 Å². The summed E-state index contributed by atoms with van der Waals surface area (Å²) in [6.45, 7) is 1.75. The van der Waals surface area contributed by atoms with E-state index in [-0.39, 0.29) is 18.3 Å². The Balaban J connectivity index is 0.00000200. The Morgan fingerprint density at radius 1 is 1.45 bits per heavy atom. The second-order valence-electron chi connectivity index (χ2n) is 4.13. The Labute approximate surface area is 123 Å². The summed E-state index contributed by atoms with van der Waals surface area (Å²) in [5, 5.41) is 5.80. The predicted molar refractivity (Wildman–Crippen MR) is 76.3 cm³/mol. The van der Waals surface area contributed by atoms with Gasteiger partial charge in [0.1, 0.15) is 6.10 Å². The topological polar surface area (TPSA) is 76.7 Å². The zero-order valence-corrected chi connectivity index (χ0v) is 11.9. The van der Waals surface area contributed by atoms with Crippen LogP contribution in [0.5, 0.6) is 0 Å². The number of nitrogens with one attached hydrogen (secondary N) is 2. The fourth-order valence-corrected chi connectivity index (χ4v) is 1.80. The third-order valence-corrected chi connectivity index (χ3v) is 2.77. The van der Waals surface area contributed by atoms with Gasteiger partial charge in [0, 0.05) is 18.8 Å². The molecule has 1 saturated heterocycles. The highest BCUT2D eigenvalue weighted by Crippen LogP contribution is 2.12. The molecule has 2 N–H and O–H groups in total. The van der Waals surface area contributed by atoms with Crippen molar-refractivity contribution in [2.45, 2.75) is 6.10 Å². The maximum atomic E-state index is 11.9. The summed E-state index contributed by atoms with van der Waals surface area (Å²) in [7, 11) is 1.31. The molecule has 1 heterocycles. The van der Waals surface area contributed by atoms with Gasteiger partial charge in [-0.05, 0) is 18.2 Å². The maximum absolute atomic E-state index is 11.9. The van der Waals surface area contributed by atoms with Gasteiger partial charge in [0.2, 0.25) is 0 Å². The average Bonchev–Trinajstić information content (AvgIpc) is 2.47. The van der Waals surface area contributed by atoms with Crippen molar-refractivity contribution in [1.29, 1.82) is 0 Å². The van der Waals surface area contributed by atoms with E-state index in [1.165, 1.54) is 7.11 Å². The van der Waals surface area contributed by atoms with Crippen molar-refractivity contribution in [3.8, 4) is 0 Å². The van der Waals surface area contributed by atoms with E-state index in [0.717, 1.165) is 6.54 Å². The van der Waals surface area contributed by atoms with Gasteiger partial charge >= 0.3 is 5.97 Å². The van der Waals surface area contributed by atoms with Gasteiger partial charge < -0.3 is 20.1 Å². The fourth-order valence-electron chi connectivity index (χ4n) is 1.80. The number of benzene rings is 1. The van der Waals surface area contributed by atoms with Crippen LogP contribution >= 0.6 is 12.4 Å². The molecule has 1 aromatic carbocycles. The van der Waals surface area contributed by atoms with Crippen molar-refractivity contribution in [3.63, 3.8) is 0 Å². The van der Waals surface area contributed by atoms with Gasteiger partial charge in [-0.25, -0.2) is 4.79 Å². The zero-order chi connectivity index (χ0) is 13.7. The highest BCUT2D eigenvalue weighted by atomic mass is 35.5. The van der Waals surface area contributed by atoms with Crippen LogP contribution in [0.15, 0.2) is 24.3 Å². The molecule has 1 aromatic rings. The summed E-state index contributed by atoms with van der Waals surface area (Å²) in [5.74, 6) is -0.666. The summed E-state index contributed by atoms with van der Waals surface area (Å²) >= 11 is 0. The molecule has 0 spiro atoms. The van der Waals surface area contributed by atoms with E-state index in [4.69, 9.17) is 4.74 Å². The summed E-state index contributed by atoms with van der Waals surface area (Å²) in [6, 6.07) is 6.59. The van der Waals surface area contributed by atoms with Gasteiger partial charge in [-0.2, -0.15) is 0 Å². The van der Waals surface area contributed by atoms with E-state index in [1.807, 2.05) is 0 Å². The lowest BCUT2D eigenvalue weighted by atomic mass is 10.2. The van der Waals surface area contributed by atoms with E-state index in [2.05, 4.69) is 15.4 Å². The third kappa shape index (κ3) is 4.19. The van der Waals surface area contributed by atoms with Gasteiger partial charge in [-0.1, -0.05) is 6.07 Å². The minimum absolute atomic E-state index is 0. The molecule has 0 bridgehead atoms. The summed E-state index contributed by atoms with van der Waals surface area (Å²) in [5.41, 5.74) is 0.935. The van der Waals surface area contributed by atoms with Crippen LogP contribution in [0.25, 0.3) is 0 Å². The number of amides is 1. The monoisotopic (exact) mass is 300 g/mol. The number of halogens is 1. The van der Waals surface area contributed by atoms with E-state index >= 15 is 0 Å². The molecular formula is C13H17ClN2O4. The molecule has 6 nitrogen and oxygen atoms in total. The average molecular weight is 301 g/mol. The third-order valence-electron chi connectivity index (χ3n) is 2.77. The minimum atomic E-state index is -0.504. The molecule has 1 unspecified atom stereocenters. The quantitative estimate of drug-likeness (QED) is 0.808. The molecule has 1 fully saturated rings. The van der Waals surface area contributed by atoms with Crippen molar-refractivity contribution in [2.24, 2.45) is 0 Å². The number of carbonyl (C=O) groups excluding carboxylic acids is 2. The molecule has 0 radical (unpaired) electrons. The fraction of sp³-hybridized carbons (Fsp3) is 0.385. The molecule has 110 valence electrons. The highest BCUT2D eigenvalue weighted by Gasteiger charge is 2.21. The molecule has 7 heteroatoms. The first-order valence-electron chi connectivity index (χ1n) is 6.02. The Bertz CT molecular complexity index is 475. The normalized spacial score (nSPS) is 17.8. The molecule has 1 amide bonds. The number of morpholine rings is 1. The number of methoxy groups -OCH3 is 1. The van der Waals surface area contributed by atoms with Crippen LogP contribution in [0, 0.1) is 0 Å². The summed E-state index contributed by atoms with van der Waals surface area (Å²) in [6.07, 6.45) is -0.504. The number of esters is 1. The highest BCUT2D eigenvalue weighted by molar-refractivity contribution is 5.96. The van der Waals surface area contributed by atoms with Crippen molar-refractivity contribution >= 4 is 30.0 Å². The van der Waals surface area contributed by atoms with Crippen molar-refractivity contribution < 1.29 is 19.1 Å². The molecular weight excluding hydrogens is 284 g/mol. The number of ether oxygens (including phenoxy) is 2. The van der Waals surface area contributed by atoms with Crippen LogP contribution in [-0.2, 0) is 14.3 Å². The molecule has 2 rings (SSSR count). The summed E-state index contributed by atoms with van der Waals surface area (Å²) < 4.78 is 9.97. The van der Waals surface area contributed by atoms with Gasteiger partial charge in [0.05, 0.1) is 19.3 Å². The molecule has 1 aliphatic rings. The number of hydrogen-bond donors (Lipinski definition) is 2. The zero-order valence-electron chi connectivity index (χ0n) is 11.0. The Hall–Kier alpha value is -1.63. The lowest BCUT2D eigenvalue weighted by molar-refractivity contribution is -0.128. The molecule has 1 aliphatic heterocycles.